The molecule has 1 aromatic rings. The number of thiocarbonyl (C=S) groups is 1. The summed E-state index contributed by atoms with van der Waals surface area (Å²) in [5.41, 5.74) is 0.721. The van der Waals surface area contributed by atoms with Crippen molar-refractivity contribution >= 4 is 46.3 Å². The third-order valence-corrected chi connectivity index (χ3v) is 4.49. The zero-order chi connectivity index (χ0) is 16.3. The standard InChI is InChI=1S/C15H15NO4S2/c1-2-3-11(14(19)20)16-13(18)12(22-15(16)21)8-9-4-6-10(17)7-5-9/h4-8,11,17H,2-3H2,1H3,(H,19,20)/p-1/b12-8-/t11-/m1/s1. The van der Waals surface area contributed by atoms with Crippen molar-refractivity contribution in [2.45, 2.75) is 25.8 Å². The molecule has 22 heavy (non-hydrogen) atoms. The van der Waals surface area contributed by atoms with Gasteiger partial charge >= 0.3 is 0 Å². The molecule has 1 aliphatic rings. The van der Waals surface area contributed by atoms with E-state index in [1.807, 2.05) is 6.92 Å². The Hall–Kier alpha value is -1.86. The Morgan fingerprint density at radius 1 is 1.45 bits per heavy atom. The Morgan fingerprint density at radius 3 is 2.64 bits per heavy atom. The van der Waals surface area contributed by atoms with Gasteiger partial charge in [-0.1, -0.05) is 49.5 Å². The van der Waals surface area contributed by atoms with E-state index < -0.39 is 17.9 Å². The number of aromatic hydroxyl groups is 1. The third-order valence-electron chi connectivity index (χ3n) is 3.16. The molecule has 1 fully saturated rings. The summed E-state index contributed by atoms with van der Waals surface area (Å²) in [6.45, 7) is 1.83. The predicted molar refractivity (Wildman–Crippen MR) is 86.8 cm³/mol. The molecule has 0 unspecified atom stereocenters. The van der Waals surface area contributed by atoms with Crippen LogP contribution in [0.1, 0.15) is 25.3 Å². The van der Waals surface area contributed by atoms with E-state index in [2.05, 4.69) is 0 Å². The van der Waals surface area contributed by atoms with Gasteiger partial charge in [-0.3, -0.25) is 9.69 Å². The summed E-state index contributed by atoms with van der Waals surface area (Å²) in [5, 5.41) is 20.5. The molecular weight excluding hydrogens is 322 g/mol. The Bertz CT molecular complexity index is 639. The summed E-state index contributed by atoms with van der Waals surface area (Å²) in [6.07, 6.45) is 2.52. The molecule has 1 aliphatic heterocycles. The van der Waals surface area contributed by atoms with Gasteiger partial charge in [0.15, 0.2) is 0 Å². The van der Waals surface area contributed by atoms with Gasteiger partial charge < -0.3 is 15.0 Å². The summed E-state index contributed by atoms with van der Waals surface area (Å²) in [5.74, 6) is -1.60. The van der Waals surface area contributed by atoms with E-state index in [0.717, 1.165) is 22.2 Å². The van der Waals surface area contributed by atoms with Crippen LogP contribution in [0.15, 0.2) is 29.2 Å². The van der Waals surface area contributed by atoms with Gasteiger partial charge in [0.25, 0.3) is 5.91 Å². The molecule has 1 heterocycles. The minimum absolute atomic E-state index is 0.129. The number of hydrogen-bond acceptors (Lipinski definition) is 6. The normalized spacial score (nSPS) is 18.0. The minimum atomic E-state index is -1.30. The Labute approximate surface area is 137 Å². The van der Waals surface area contributed by atoms with Crippen molar-refractivity contribution in [3.8, 4) is 5.75 Å². The van der Waals surface area contributed by atoms with Crippen molar-refractivity contribution in [2.24, 2.45) is 0 Å². The van der Waals surface area contributed by atoms with Gasteiger partial charge in [0.1, 0.15) is 10.1 Å². The van der Waals surface area contributed by atoms with E-state index in [0.29, 0.717) is 17.7 Å². The molecule has 0 aliphatic carbocycles. The van der Waals surface area contributed by atoms with Crippen LogP contribution < -0.4 is 5.11 Å². The molecule has 1 saturated heterocycles. The molecule has 2 rings (SSSR count). The molecule has 0 aromatic heterocycles. The van der Waals surface area contributed by atoms with Gasteiger partial charge in [0.2, 0.25) is 0 Å². The molecule has 116 valence electrons. The highest BCUT2D eigenvalue weighted by Gasteiger charge is 2.37. The number of carbonyl (C=O) groups is 2. The van der Waals surface area contributed by atoms with Gasteiger partial charge in [-0.05, 0) is 30.2 Å². The fraction of sp³-hybridized carbons (Fsp3) is 0.267. The molecule has 1 atom stereocenters. The lowest BCUT2D eigenvalue weighted by molar-refractivity contribution is -0.310. The predicted octanol–water partition coefficient (Wildman–Crippen LogP) is 1.51. The molecule has 0 bridgehead atoms. The van der Waals surface area contributed by atoms with Gasteiger partial charge in [0, 0.05) is 0 Å². The van der Waals surface area contributed by atoms with Crippen molar-refractivity contribution in [3.63, 3.8) is 0 Å². The third kappa shape index (κ3) is 3.48. The number of thioether (sulfide) groups is 1. The Kier molecular flexibility index (Phi) is 5.20. The van der Waals surface area contributed by atoms with Crippen LogP contribution in [-0.2, 0) is 9.59 Å². The average Bonchev–Trinajstić information content (AvgIpc) is 2.73. The number of amides is 1. The lowest BCUT2D eigenvalue weighted by atomic mass is 10.1. The number of carboxylic acid groups (broad SMARTS) is 1. The highest BCUT2D eigenvalue weighted by Crippen LogP contribution is 2.34. The molecule has 1 amide bonds. The second kappa shape index (κ2) is 6.93. The van der Waals surface area contributed by atoms with Crippen LogP contribution in [0.4, 0.5) is 0 Å². The monoisotopic (exact) mass is 336 g/mol. The number of phenolic OH excluding ortho intramolecular Hbond substituents is 1. The van der Waals surface area contributed by atoms with Crippen LogP contribution in [0, 0.1) is 0 Å². The number of benzene rings is 1. The van der Waals surface area contributed by atoms with E-state index in [4.69, 9.17) is 12.2 Å². The topological polar surface area (TPSA) is 80.7 Å². The summed E-state index contributed by atoms with van der Waals surface area (Å²) in [4.78, 5) is 25.1. The maximum absolute atomic E-state index is 12.4. The number of hydrogen-bond donors (Lipinski definition) is 1. The highest BCUT2D eigenvalue weighted by molar-refractivity contribution is 8.26. The summed E-state index contributed by atoms with van der Waals surface area (Å²) in [6, 6.07) is 5.29. The largest absolute Gasteiger partial charge is 0.548 e. The number of carboxylic acids is 1. The number of carbonyl (C=O) groups excluding carboxylic acids is 2. The molecule has 7 heteroatoms. The Balaban J connectivity index is 2.27. The quantitative estimate of drug-likeness (QED) is 0.648. The van der Waals surface area contributed by atoms with Crippen LogP contribution >= 0.6 is 24.0 Å². The molecule has 0 saturated carbocycles. The second-order valence-electron chi connectivity index (χ2n) is 4.77. The maximum Gasteiger partial charge on any atom is 0.266 e. The fourth-order valence-electron chi connectivity index (χ4n) is 2.10. The number of aliphatic carboxylic acids is 1. The first-order chi connectivity index (χ1) is 10.4. The van der Waals surface area contributed by atoms with Crippen LogP contribution in [0.3, 0.4) is 0 Å². The van der Waals surface area contributed by atoms with Crippen LogP contribution in [-0.4, -0.2) is 32.2 Å². The smallest absolute Gasteiger partial charge is 0.266 e. The first-order valence-corrected chi connectivity index (χ1v) is 7.93. The van der Waals surface area contributed by atoms with Crippen molar-refractivity contribution < 1.29 is 19.8 Å². The van der Waals surface area contributed by atoms with Gasteiger partial charge in [-0.25, -0.2) is 0 Å². The molecule has 5 nitrogen and oxygen atoms in total. The maximum atomic E-state index is 12.4. The van der Waals surface area contributed by atoms with Crippen LogP contribution in [0.25, 0.3) is 6.08 Å². The lowest BCUT2D eigenvalue weighted by Gasteiger charge is -2.27. The summed E-state index contributed by atoms with van der Waals surface area (Å²) in [7, 11) is 0. The van der Waals surface area contributed by atoms with Crippen molar-refractivity contribution in [3.05, 3.63) is 34.7 Å². The summed E-state index contributed by atoms with van der Waals surface area (Å²) >= 11 is 6.21. The van der Waals surface area contributed by atoms with Gasteiger partial charge in [-0.2, -0.15) is 0 Å². The van der Waals surface area contributed by atoms with E-state index in [1.165, 1.54) is 12.1 Å². The van der Waals surface area contributed by atoms with E-state index in [-0.39, 0.29) is 10.1 Å². The van der Waals surface area contributed by atoms with Crippen LogP contribution in [0.2, 0.25) is 0 Å². The second-order valence-corrected chi connectivity index (χ2v) is 6.44. The van der Waals surface area contributed by atoms with Gasteiger partial charge in [0.05, 0.1) is 16.9 Å². The number of phenols is 1. The van der Waals surface area contributed by atoms with E-state index in [9.17, 15) is 19.8 Å². The van der Waals surface area contributed by atoms with Crippen LogP contribution in [0.5, 0.6) is 5.75 Å². The number of nitrogens with zero attached hydrogens (tertiary/aromatic N) is 1. The fourth-order valence-corrected chi connectivity index (χ4v) is 3.45. The zero-order valence-electron chi connectivity index (χ0n) is 11.8. The first-order valence-electron chi connectivity index (χ1n) is 6.71. The minimum Gasteiger partial charge on any atom is -0.548 e. The van der Waals surface area contributed by atoms with E-state index in [1.54, 1.807) is 18.2 Å². The highest BCUT2D eigenvalue weighted by atomic mass is 32.2. The summed E-state index contributed by atoms with van der Waals surface area (Å²) < 4.78 is 0.220. The van der Waals surface area contributed by atoms with Crippen molar-refractivity contribution in [1.29, 1.82) is 0 Å². The molecule has 0 spiro atoms. The molecule has 1 aromatic carbocycles. The lowest BCUT2D eigenvalue weighted by Crippen LogP contribution is -2.49. The Morgan fingerprint density at radius 2 is 2.09 bits per heavy atom. The SMILES string of the molecule is CCC[C@H](C(=O)[O-])N1C(=O)/C(=C/c2ccc(O)cc2)SC1=S. The zero-order valence-corrected chi connectivity index (χ0v) is 13.4. The number of rotatable bonds is 5. The first kappa shape index (κ1) is 16.5. The van der Waals surface area contributed by atoms with Crippen molar-refractivity contribution in [1.82, 2.24) is 4.90 Å². The molecule has 1 N–H and O–H groups in total. The van der Waals surface area contributed by atoms with E-state index >= 15 is 0 Å². The van der Waals surface area contributed by atoms with Crippen molar-refractivity contribution in [2.75, 3.05) is 0 Å². The van der Waals surface area contributed by atoms with Gasteiger partial charge in [-0.15, -0.1) is 0 Å². The molecular formula is C15H14NO4S2-. The molecule has 0 radical (unpaired) electrons. The average molecular weight is 336 g/mol.